The summed E-state index contributed by atoms with van der Waals surface area (Å²) in [6, 6.07) is 18.7. The van der Waals surface area contributed by atoms with Crippen molar-refractivity contribution in [1.29, 1.82) is 5.26 Å². The Labute approximate surface area is 114 Å². The van der Waals surface area contributed by atoms with Crippen LogP contribution in [-0.4, -0.2) is 13.6 Å². The van der Waals surface area contributed by atoms with Gasteiger partial charge in [-0.3, -0.25) is 0 Å². The highest BCUT2D eigenvalue weighted by Crippen LogP contribution is 2.20. The van der Waals surface area contributed by atoms with E-state index in [1.54, 1.807) is 0 Å². The van der Waals surface area contributed by atoms with Crippen molar-refractivity contribution < 1.29 is 0 Å². The summed E-state index contributed by atoms with van der Waals surface area (Å²) in [6.45, 7) is 2.91. The Hall–Kier alpha value is -2.27. The van der Waals surface area contributed by atoms with Gasteiger partial charge in [0.15, 0.2) is 0 Å². The molecule has 0 saturated carbocycles. The van der Waals surface area contributed by atoms with Gasteiger partial charge in [-0.2, -0.15) is 5.26 Å². The molecular weight excluding hydrogens is 232 g/mol. The molecule has 0 saturated heterocycles. The van der Waals surface area contributed by atoms with Crippen LogP contribution in [0.5, 0.6) is 0 Å². The average Bonchev–Trinajstić information content (AvgIpc) is 2.45. The maximum Gasteiger partial charge on any atom is 0.101 e. The molecule has 0 aromatic heterocycles. The summed E-state index contributed by atoms with van der Waals surface area (Å²) in [5.41, 5.74) is 4.19. The van der Waals surface area contributed by atoms with Crippen LogP contribution in [0.25, 0.3) is 0 Å². The quantitative estimate of drug-likeness (QED) is 0.829. The Bertz CT molecular complexity index is 582. The van der Waals surface area contributed by atoms with E-state index in [4.69, 9.17) is 0 Å². The van der Waals surface area contributed by atoms with Crippen molar-refractivity contribution in [2.45, 2.75) is 13.3 Å². The van der Waals surface area contributed by atoms with E-state index in [0.717, 1.165) is 29.8 Å². The zero-order valence-electron chi connectivity index (χ0n) is 11.4. The monoisotopic (exact) mass is 250 g/mol. The number of likely N-dealkylation sites (N-methyl/N-ethyl adjacent to an activating group) is 1. The first-order valence-electron chi connectivity index (χ1n) is 6.46. The number of nitrogens with zero attached hydrogens (tertiary/aromatic N) is 2. The van der Waals surface area contributed by atoms with Gasteiger partial charge in [0.05, 0.1) is 11.3 Å². The fraction of sp³-hybridized carbons (Fsp3) is 0.235. The minimum atomic E-state index is 0.746. The number of rotatable bonds is 4. The smallest absolute Gasteiger partial charge is 0.101 e. The SMILES string of the molecule is Cc1ccc(N(C)CCc2ccccc2)c(C#N)c1. The Morgan fingerprint density at radius 3 is 2.53 bits per heavy atom. The predicted octanol–water partition coefficient (Wildman–Crippen LogP) is 3.55. The molecule has 0 spiro atoms. The Morgan fingerprint density at radius 2 is 1.84 bits per heavy atom. The highest BCUT2D eigenvalue weighted by molar-refractivity contribution is 5.60. The maximum atomic E-state index is 9.20. The highest BCUT2D eigenvalue weighted by Gasteiger charge is 2.07. The summed E-state index contributed by atoms with van der Waals surface area (Å²) in [5, 5.41) is 9.20. The minimum Gasteiger partial charge on any atom is -0.373 e. The fourth-order valence-corrected chi connectivity index (χ4v) is 2.13. The van der Waals surface area contributed by atoms with Crippen molar-refractivity contribution in [1.82, 2.24) is 0 Å². The van der Waals surface area contributed by atoms with Crippen LogP contribution in [0.15, 0.2) is 48.5 Å². The zero-order valence-corrected chi connectivity index (χ0v) is 11.4. The molecule has 0 amide bonds. The van der Waals surface area contributed by atoms with Gasteiger partial charge in [-0.15, -0.1) is 0 Å². The minimum absolute atomic E-state index is 0.746. The van der Waals surface area contributed by atoms with Gasteiger partial charge in [-0.25, -0.2) is 0 Å². The lowest BCUT2D eigenvalue weighted by molar-refractivity contribution is 0.875. The van der Waals surface area contributed by atoms with Crippen LogP contribution in [0.3, 0.4) is 0 Å². The molecule has 0 bridgehead atoms. The van der Waals surface area contributed by atoms with Crippen LogP contribution in [0.4, 0.5) is 5.69 Å². The molecule has 0 fully saturated rings. The second-order valence-corrected chi connectivity index (χ2v) is 4.79. The van der Waals surface area contributed by atoms with Crippen LogP contribution >= 0.6 is 0 Å². The van der Waals surface area contributed by atoms with Gasteiger partial charge in [0.2, 0.25) is 0 Å². The molecule has 0 aliphatic heterocycles. The van der Waals surface area contributed by atoms with E-state index < -0.39 is 0 Å². The third kappa shape index (κ3) is 3.35. The Balaban J connectivity index is 2.08. The van der Waals surface area contributed by atoms with Crippen molar-refractivity contribution in [2.24, 2.45) is 0 Å². The molecule has 0 unspecified atom stereocenters. The van der Waals surface area contributed by atoms with Crippen molar-refractivity contribution in [3.8, 4) is 6.07 Å². The third-order valence-electron chi connectivity index (χ3n) is 3.26. The molecule has 2 aromatic carbocycles. The van der Waals surface area contributed by atoms with E-state index in [-0.39, 0.29) is 0 Å². The Kier molecular flexibility index (Phi) is 4.20. The second-order valence-electron chi connectivity index (χ2n) is 4.79. The van der Waals surface area contributed by atoms with Crippen LogP contribution < -0.4 is 4.90 Å². The molecule has 0 N–H and O–H groups in total. The first kappa shape index (κ1) is 13.2. The number of hydrogen-bond acceptors (Lipinski definition) is 2. The van der Waals surface area contributed by atoms with Crippen LogP contribution in [0, 0.1) is 18.3 Å². The van der Waals surface area contributed by atoms with Crippen molar-refractivity contribution in [2.75, 3.05) is 18.5 Å². The van der Waals surface area contributed by atoms with E-state index in [0.29, 0.717) is 0 Å². The molecule has 96 valence electrons. The maximum absolute atomic E-state index is 9.20. The molecule has 0 aliphatic rings. The van der Waals surface area contributed by atoms with E-state index in [2.05, 4.69) is 41.3 Å². The summed E-state index contributed by atoms with van der Waals surface area (Å²) < 4.78 is 0. The number of benzene rings is 2. The summed E-state index contributed by atoms with van der Waals surface area (Å²) in [4.78, 5) is 2.14. The molecule has 2 heteroatoms. The molecule has 19 heavy (non-hydrogen) atoms. The summed E-state index contributed by atoms with van der Waals surface area (Å²) in [7, 11) is 2.04. The molecule has 0 radical (unpaired) electrons. The van der Waals surface area contributed by atoms with Crippen molar-refractivity contribution >= 4 is 5.69 Å². The summed E-state index contributed by atoms with van der Waals surface area (Å²) in [5.74, 6) is 0. The van der Waals surface area contributed by atoms with Gasteiger partial charge in [0, 0.05) is 13.6 Å². The van der Waals surface area contributed by atoms with Crippen LogP contribution in [-0.2, 0) is 6.42 Å². The number of aryl methyl sites for hydroxylation is 1. The van der Waals surface area contributed by atoms with Crippen LogP contribution in [0.1, 0.15) is 16.7 Å². The van der Waals surface area contributed by atoms with Gasteiger partial charge < -0.3 is 4.90 Å². The largest absolute Gasteiger partial charge is 0.373 e. The number of anilines is 1. The Morgan fingerprint density at radius 1 is 1.11 bits per heavy atom. The summed E-state index contributed by atoms with van der Waals surface area (Å²) >= 11 is 0. The molecule has 0 heterocycles. The van der Waals surface area contributed by atoms with Crippen molar-refractivity contribution in [3.63, 3.8) is 0 Å². The standard InChI is InChI=1S/C17H18N2/c1-14-8-9-17(16(12-14)13-18)19(2)11-10-15-6-4-3-5-7-15/h3-9,12H,10-11H2,1-2H3. The average molecular weight is 250 g/mol. The topological polar surface area (TPSA) is 27.0 Å². The van der Waals surface area contributed by atoms with Crippen LogP contribution in [0.2, 0.25) is 0 Å². The van der Waals surface area contributed by atoms with Crippen molar-refractivity contribution in [3.05, 3.63) is 65.2 Å². The second kappa shape index (κ2) is 6.06. The number of hydrogen-bond donors (Lipinski definition) is 0. The lowest BCUT2D eigenvalue weighted by Crippen LogP contribution is -2.21. The van der Waals surface area contributed by atoms with Gasteiger partial charge in [-0.1, -0.05) is 36.4 Å². The molecule has 2 rings (SSSR count). The number of nitriles is 1. The van der Waals surface area contributed by atoms with E-state index in [9.17, 15) is 5.26 Å². The van der Waals surface area contributed by atoms with E-state index in [1.807, 2.05) is 32.2 Å². The third-order valence-corrected chi connectivity index (χ3v) is 3.26. The lowest BCUT2D eigenvalue weighted by Gasteiger charge is -2.20. The predicted molar refractivity (Wildman–Crippen MR) is 79.3 cm³/mol. The first-order chi connectivity index (χ1) is 9.20. The van der Waals surface area contributed by atoms with E-state index in [1.165, 1.54) is 5.56 Å². The van der Waals surface area contributed by atoms with Gasteiger partial charge in [-0.05, 0) is 36.6 Å². The molecule has 0 aliphatic carbocycles. The molecule has 2 nitrogen and oxygen atoms in total. The first-order valence-corrected chi connectivity index (χ1v) is 6.46. The highest BCUT2D eigenvalue weighted by atomic mass is 15.1. The molecule has 2 aromatic rings. The summed E-state index contributed by atoms with van der Waals surface area (Å²) in [6.07, 6.45) is 0.982. The molecular formula is C17H18N2. The fourth-order valence-electron chi connectivity index (χ4n) is 2.13. The van der Waals surface area contributed by atoms with Gasteiger partial charge in [0.25, 0.3) is 0 Å². The zero-order chi connectivity index (χ0) is 13.7. The van der Waals surface area contributed by atoms with Gasteiger partial charge in [0.1, 0.15) is 6.07 Å². The normalized spacial score (nSPS) is 9.95. The lowest BCUT2D eigenvalue weighted by atomic mass is 10.1. The molecule has 0 atom stereocenters. The van der Waals surface area contributed by atoms with E-state index >= 15 is 0 Å². The van der Waals surface area contributed by atoms with Gasteiger partial charge >= 0.3 is 0 Å².